The highest BCUT2D eigenvalue weighted by Gasteiger charge is 2.26. The van der Waals surface area contributed by atoms with Crippen LogP contribution >= 0.6 is 19.2 Å². The maximum atomic E-state index is 13.2. The Morgan fingerprint density at radius 3 is 2.67 bits per heavy atom. The third-order valence-corrected chi connectivity index (χ3v) is 7.90. The van der Waals surface area contributed by atoms with E-state index in [9.17, 15) is 9.36 Å². The zero-order valence-corrected chi connectivity index (χ0v) is 23.5. The monoisotopic (exact) mass is 588 g/mol. The van der Waals surface area contributed by atoms with Crippen LogP contribution in [0.15, 0.2) is 42.4 Å². The summed E-state index contributed by atoms with van der Waals surface area (Å²) in [5, 5.41) is 13.9. The lowest BCUT2D eigenvalue weighted by Gasteiger charge is -2.28. The Bertz CT molecular complexity index is 1490. The number of carbonyl (C=O) groups is 1. The molecule has 1 fully saturated rings. The van der Waals surface area contributed by atoms with Crippen LogP contribution in [0.25, 0.3) is 22.1 Å². The van der Waals surface area contributed by atoms with Gasteiger partial charge < -0.3 is 19.8 Å². The molecule has 0 aromatic carbocycles. The van der Waals surface area contributed by atoms with Crippen molar-refractivity contribution in [3.63, 3.8) is 0 Å². The Morgan fingerprint density at radius 2 is 1.98 bits per heavy atom. The largest absolute Gasteiger partial charge is 0.471 e. The molecule has 1 aliphatic carbocycles. The predicted octanol–water partition coefficient (Wildman–Crippen LogP) is 4.06. The SMILES string of the molecule is CCOC1CCC(n2cc(NC(=O)c3csc(-c4cnn(C(C)OP(=O)(O)O)c4)n3)c(-c3ncccn3)n2)CC1. The number of aromatic nitrogens is 7. The molecule has 1 atom stereocenters. The number of hydrogen-bond donors (Lipinski definition) is 3. The van der Waals surface area contributed by atoms with Crippen LogP contribution in [0, 0.1) is 0 Å². The van der Waals surface area contributed by atoms with Crippen molar-refractivity contribution in [1.29, 1.82) is 0 Å². The first kappa shape index (κ1) is 28.2. The Morgan fingerprint density at radius 1 is 1.23 bits per heavy atom. The van der Waals surface area contributed by atoms with Gasteiger partial charge in [-0.05, 0) is 45.6 Å². The molecule has 16 heteroatoms. The highest BCUT2D eigenvalue weighted by molar-refractivity contribution is 7.46. The third kappa shape index (κ3) is 6.69. The Hall–Kier alpha value is -3.33. The van der Waals surface area contributed by atoms with Gasteiger partial charge in [0, 0.05) is 42.3 Å². The van der Waals surface area contributed by atoms with Gasteiger partial charge in [0.1, 0.15) is 10.7 Å². The Labute approximate surface area is 233 Å². The summed E-state index contributed by atoms with van der Waals surface area (Å²) in [6.07, 6.45) is 11.1. The van der Waals surface area contributed by atoms with E-state index >= 15 is 0 Å². The van der Waals surface area contributed by atoms with E-state index in [1.807, 2.05) is 17.8 Å². The molecule has 0 spiro atoms. The second kappa shape index (κ2) is 12.0. The minimum atomic E-state index is -4.68. The van der Waals surface area contributed by atoms with Crippen LogP contribution in [0.3, 0.4) is 0 Å². The van der Waals surface area contributed by atoms with E-state index in [0.29, 0.717) is 34.4 Å². The minimum Gasteiger partial charge on any atom is -0.379 e. The van der Waals surface area contributed by atoms with Gasteiger partial charge in [0.15, 0.2) is 17.7 Å². The van der Waals surface area contributed by atoms with E-state index in [2.05, 4.69) is 29.9 Å². The highest BCUT2D eigenvalue weighted by Crippen LogP contribution is 2.40. The molecule has 5 rings (SSSR count). The second-order valence-electron chi connectivity index (χ2n) is 9.23. The lowest BCUT2D eigenvalue weighted by atomic mass is 9.93. The summed E-state index contributed by atoms with van der Waals surface area (Å²) in [4.78, 5) is 44.4. The molecule has 0 bridgehead atoms. The summed E-state index contributed by atoms with van der Waals surface area (Å²) < 4.78 is 24.7. The van der Waals surface area contributed by atoms with Crippen molar-refractivity contribution in [2.24, 2.45) is 0 Å². The van der Waals surface area contributed by atoms with Crippen LogP contribution in [0.2, 0.25) is 0 Å². The van der Waals surface area contributed by atoms with Gasteiger partial charge in [0.2, 0.25) is 0 Å². The van der Waals surface area contributed by atoms with Gasteiger partial charge in [-0.1, -0.05) is 0 Å². The van der Waals surface area contributed by atoms with E-state index in [1.54, 1.807) is 23.8 Å². The van der Waals surface area contributed by atoms with E-state index in [-0.39, 0.29) is 17.8 Å². The number of thiazole rings is 1. The van der Waals surface area contributed by atoms with Crippen LogP contribution in [-0.4, -0.2) is 62.9 Å². The molecule has 14 nitrogen and oxygen atoms in total. The lowest BCUT2D eigenvalue weighted by Crippen LogP contribution is -2.24. The van der Waals surface area contributed by atoms with Gasteiger partial charge in [-0.3, -0.25) is 14.0 Å². The van der Waals surface area contributed by atoms with E-state index < -0.39 is 20.0 Å². The fraction of sp³-hybridized carbons (Fsp3) is 0.417. The van der Waals surface area contributed by atoms with Gasteiger partial charge >= 0.3 is 7.82 Å². The molecule has 4 aromatic rings. The van der Waals surface area contributed by atoms with Crippen LogP contribution < -0.4 is 5.32 Å². The smallest absolute Gasteiger partial charge is 0.379 e. The lowest BCUT2D eigenvalue weighted by molar-refractivity contribution is 0.0260. The third-order valence-electron chi connectivity index (χ3n) is 6.43. The number of rotatable bonds is 10. The molecule has 4 heterocycles. The summed E-state index contributed by atoms with van der Waals surface area (Å²) in [5.74, 6) is -0.0255. The normalized spacial score (nSPS) is 18.5. The van der Waals surface area contributed by atoms with Crippen molar-refractivity contribution >= 4 is 30.8 Å². The molecule has 212 valence electrons. The van der Waals surface area contributed by atoms with Crippen molar-refractivity contribution in [1.82, 2.24) is 34.5 Å². The molecule has 0 aliphatic heterocycles. The van der Waals surface area contributed by atoms with Crippen LogP contribution in [0.4, 0.5) is 5.69 Å². The number of nitrogens with zero attached hydrogens (tertiary/aromatic N) is 7. The fourth-order valence-electron chi connectivity index (χ4n) is 4.56. The molecule has 4 aromatic heterocycles. The standard InChI is InChI=1S/C24H29N8O6PS/c1-3-37-18-7-5-17(6-8-18)32-13-19(21(30-32)22-25-9-4-10-26-22)28-23(33)20-14-40-24(29-20)16-11-27-31(12-16)15(2)38-39(34,35)36/h4,9-15,17-18H,3,5-8H2,1-2H3,(H,28,33)(H2,34,35,36). The quantitative estimate of drug-likeness (QED) is 0.227. The van der Waals surface area contributed by atoms with Gasteiger partial charge in [0.25, 0.3) is 5.91 Å². The number of phosphoric ester groups is 1. The summed E-state index contributed by atoms with van der Waals surface area (Å²) in [5.41, 5.74) is 1.71. The minimum absolute atomic E-state index is 0.171. The molecule has 1 unspecified atom stereocenters. The fourth-order valence-corrected chi connectivity index (χ4v) is 5.83. The molecule has 1 amide bonds. The Balaban J connectivity index is 1.33. The number of amides is 1. The van der Waals surface area contributed by atoms with Crippen molar-refractivity contribution < 1.29 is 28.4 Å². The maximum Gasteiger partial charge on any atom is 0.471 e. The van der Waals surface area contributed by atoms with Crippen LogP contribution in [0.1, 0.15) is 62.3 Å². The summed E-state index contributed by atoms with van der Waals surface area (Å²) in [6.45, 7) is 4.16. The van der Waals surface area contributed by atoms with Crippen molar-refractivity contribution in [3.05, 3.63) is 48.1 Å². The maximum absolute atomic E-state index is 13.2. The number of nitrogens with one attached hydrogen (secondary N) is 1. The number of phosphoric acid groups is 1. The molecule has 1 aliphatic rings. The van der Waals surface area contributed by atoms with Gasteiger partial charge in [-0.2, -0.15) is 10.2 Å². The number of carbonyl (C=O) groups excluding carboxylic acids is 1. The topological polar surface area (TPSA) is 179 Å². The zero-order chi connectivity index (χ0) is 28.3. The molecule has 40 heavy (non-hydrogen) atoms. The predicted molar refractivity (Wildman–Crippen MR) is 145 cm³/mol. The molecular formula is C24H29N8O6PS. The van der Waals surface area contributed by atoms with E-state index in [4.69, 9.17) is 19.6 Å². The summed E-state index contributed by atoms with van der Waals surface area (Å²) in [6, 6.07) is 1.88. The van der Waals surface area contributed by atoms with Gasteiger partial charge in [0.05, 0.1) is 24.0 Å². The average molecular weight is 589 g/mol. The van der Waals surface area contributed by atoms with E-state index in [0.717, 1.165) is 25.7 Å². The average Bonchev–Trinajstić information content (AvgIpc) is 3.68. The van der Waals surface area contributed by atoms with Crippen LogP contribution in [0.5, 0.6) is 0 Å². The number of hydrogen-bond acceptors (Lipinski definition) is 10. The molecule has 1 saturated carbocycles. The molecule has 0 radical (unpaired) electrons. The van der Waals surface area contributed by atoms with Crippen molar-refractivity contribution in [3.8, 4) is 22.1 Å². The highest BCUT2D eigenvalue weighted by atomic mass is 32.1. The van der Waals surface area contributed by atoms with Gasteiger partial charge in [-0.15, -0.1) is 11.3 Å². The van der Waals surface area contributed by atoms with Crippen molar-refractivity contribution in [2.45, 2.75) is 57.9 Å². The second-order valence-corrected chi connectivity index (χ2v) is 11.3. The number of anilines is 1. The van der Waals surface area contributed by atoms with Gasteiger partial charge in [-0.25, -0.2) is 24.2 Å². The first-order valence-corrected chi connectivity index (χ1v) is 15.1. The molecule has 3 N–H and O–H groups in total. The summed E-state index contributed by atoms with van der Waals surface area (Å²) >= 11 is 1.24. The Kier molecular flexibility index (Phi) is 8.49. The first-order valence-electron chi connectivity index (χ1n) is 12.7. The molecule has 0 saturated heterocycles. The number of ether oxygens (including phenoxy) is 1. The zero-order valence-electron chi connectivity index (χ0n) is 21.8. The summed E-state index contributed by atoms with van der Waals surface area (Å²) in [7, 11) is -4.68. The molecular weight excluding hydrogens is 559 g/mol. The van der Waals surface area contributed by atoms with E-state index in [1.165, 1.54) is 35.3 Å². The first-order chi connectivity index (χ1) is 19.2. The van der Waals surface area contributed by atoms with Crippen molar-refractivity contribution in [2.75, 3.05) is 11.9 Å². The van der Waals surface area contributed by atoms with Crippen LogP contribution in [-0.2, 0) is 13.8 Å².